The van der Waals surface area contributed by atoms with Crippen LogP contribution >= 0.6 is 0 Å². The van der Waals surface area contributed by atoms with E-state index in [-0.39, 0.29) is 5.60 Å². The van der Waals surface area contributed by atoms with Crippen LogP contribution in [0, 0.1) is 11.8 Å². The van der Waals surface area contributed by atoms with Crippen LogP contribution in [0.25, 0.3) is 0 Å². The van der Waals surface area contributed by atoms with Crippen LogP contribution in [0.4, 0.5) is 0 Å². The topological polar surface area (TPSA) is 21.3 Å². The van der Waals surface area contributed by atoms with E-state index in [2.05, 4.69) is 39.9 Å². The Balaban J connectivity index is 2.43. The van der Waals surface area contributed by atoms with Gasteiger partial charge >= 0.3 is 0 Å². The fourth-order valence-corrected chi connectivity index (χ4v) is 3.44. The Morgan fingerprint density at radius 2 is 1.81 bits per heavy atom. The summed E-state index contributed by atoms with van der Waals surface area (Å²) in [7, 11) is 0. The maximum absolute atomic E-state index is 6.44. The van der Waals surface area contributed by atoms with Crippen molar-refractivity contribution in [3.05, 3.63) is 0 Å². The van der Waals surface area contributed by atoms with Crippen molar-refractivity contribution in [2.45, 2.75) is 97.6 Å². The van der Waals surface area contributed by atoms with Gasteiger partial charge in [0.15, 0.2) is 0 Å². The number of rotatable bonds is 10. The molecule has 0 heterocycles. The lowest BCUT2D eigenvalue weighted by Gasteiger charge is -2.41. The normalized spacial score (nSPS) is 26.7. The Morgan fingerprint density at radius 3 is 2.33 bits per heavy atom. The van der Waals surface area contributed by atoms with E-state index in [1.807, 2.05) is 0 Å². The SMILES string of the molecule is CCCC1CCC(CNC(C)C)(OCCCC(C)C)CC1. The lowest BCUT2D eigenvalue weighted by molar-refractivity contribution is -0.0793. The highest BCUT2D eigenvalue weighted by molar-refractivity contribution is 4.89. The number of nitrogens with one attached hydrogen (secondary N) is 1. The van der Waals surface area contributed by atoms with Crippen LogP contribution in [0.15, 0.2) is 0 Å². The molecule has 0 unspecified atom stereocenters. The van der Waals surface area contributed by atoms with Gasteiger partial charge in [-0.05, 0) is 50.4 Å². The first-order valence-electron chi connectivity index (χ1n) is 9.35. The molecule has 0 aromatic carbocycles. The van der Waals surface area contributed by atoms with E-state index in [0.717, 1.165) is 25.0 Å². The molecule has 1 aliphatic carbocycles. The molecule has 2 nitrogen and oxygen atoms in total. The van der Waals surface area contributed by atoms with Gasteiger partial charge in [0.2, 0.25) is 0 Å². The summed E-state index contributed by atoms with van der Waals surface area (Å²) in [5, 5.41) is 3.63. The largest absolute Gasteiger partial charge is 0.374 e. The van der Waals surface area contributed by atoms with Gasteiger partial charge in [-0.3, -0.25) is 0 Å². The number of ether oxygens (including phenoxy) is 1. The standard InChI is InChI=1S/C19H39NO/c1-6-8-18-10-12-19(13-11-18,15-20-17(4)5)21-14-7-9-16(2)3/h16-18,20H,6-15H2,1-5H3. The highest BCUT2D eigenvalue weighted by atomic mass is 16.5. The Hall–Kier alpha value is -0.0800. The molecule has 0 amide bonds. The van der Waals surface area contributed by atoms with Gasteiger partial charge in [0.1, 0.15) is 0 Å². The molecule has 0 aromatic rings. The molecule has 0 aromatic heterocycles. The molecule has 1 N–H and O–H groups in total. The Morgan fingerprint density at radius 1 is 1.14 bits per heavy atom. The van der Waals surface area contributed by atoms with E-state index < -0.39 is 0 Å². The van der Waals surface area contributed by atoms with E-state index in [9.17, 15) is 0 Å². The van der Waals surface area contributed by atoms with Gasteiger partial charge in [-0.25, -0.2) is 0 Å². The molecule has 0 bridgehead atoms. The number of hydrogen-bond acceptors (Lipinski definition) is 2. The molecular formula is C19H39NO. The van der Waals surface area contributed by atoms with Gasteiger partial charge in [-0.2, -0.15) is 0 Å². The summed E-state index contributed by atoms with van der Waals surface area (Å²) in [5.74, 6) is 1.74. The van der Waals surface area contributed by atoms with Crippen LogP contribution in [0.1, 0.15) is 86.0 Å². The summed E-state index contributed by atoms with van der Waals surface area (Å²) in [6, 6.07) is 0.550. The van der Waals surface area contributed by atoms with Gasteiger partial charge in [-0.15, -0.1) is 0 Å². The molecule has 21 heavy (non-hydrogen) atoms. The van der Waals surface area contributed by atoms with Crippen molar-refractivity contribution in [2.75, 3.05) is 13.2 Å². The molecule has 0 aliphatic heterocycles. The van der Waals surface area contributed by atoms with Crippen LogP contribution < -0.4 is 5.32 Å². The monoisotopic (exact) mass is 297 g/mol. The molecule has 1 fully saturated rings. The molecule has 0 saturated heterocycles. The Labute approximate surface area is 133 Å². The summed E-state index contributed by atoms with van der Waals surface area (Å²) < 4.78 is 6.44. The fourth-order valence-electron chi connectivity index (χ4n) is 3.44. The minimum absolute atomic E-state index is 0.117. The average Bonchev–Trinajstić information content (AvgIpc) is 2.44. The molecule has 0 radical (unpaired) electrons. The first kappa shape index (κ1) is 19.0. The summed E-state index contributed by atoms with van der Waals surface area (Å²) >= 11 is 0. The zero-order valence-electron chi connectivity index (χ0n) is 15.2. The minimum atomic E-state index is 0.117. The highest BCUT2D eigenvalue weighted by Crippen LogP contribution is 2.36. The quantitative estimate of drug-likeness (QED) is 0.562. The zero-order valence-corrected chi connectivity index (χ0v) is 15.2. The lowest BCUT2D eigenvalue weighted by Crippen LogP contribution is -2.47. The molecule has 1 saturated carbocycles. The fraction of sp³-hybridized carbons (Fsp3) is 1.00. The minimum Gasteiger partial charge on any atom is -0.374 e. The van der Waals surface area contributed by atoms with Gasteiger partial charge < -0.3 is 10.1 Å². The third kappa shape index (κ3) is 7.65. The van der Waals surface area contributed by atoms with Crippen molar-refractivity contribution in [1.82, 2.24) is 5.32 Å². The second-order valence-corrected chi connectivity index (χ2v) is 7.84. The average molecular weight is 298 g/mol. The molecule has 1 aliphatic rings. The van der Waals surface area contributed by atoms with Crippen molar-refractivity contribution in [1.29, 1.82) is 0 Å². The number of hydrogen-bond donors (Lipinski definition) is 1. The van der Waals surface area contributed by atoms with Crippen molar-refractivity contribution in [2.24, 2.45) is 11.8 Å². The summed E-state index contributed by atoms with van der Waals surface area (Å²) in [4.78, 5) is 0. The smallest absolute Gasteiger partial charge is 0.0806 e. The van der Waals surface area contributed by atoms with Gasteiger partial charge in [-0.1, -0.05) is 47.5 Å². The first-order valence-corrected chi connectivity index (χ1v) is 9.35. The van der Waals surface area contributed by atoms with Gasteiger partial charge in [0, 0.05) is 19.2 Å². The van der Waals surface area contributed by atoms with Crippen LogP contribution in [0.5, 0.6) is 0 Å². The van der Waals surface area contributed by atoms with Gasteiger partial charge in [0.25, 0.3) is 0 Å². The third-order valence-corrected chi connectivity index (χ3v) is 4.88. The summed E-state index contributed by atoms with van der Waals surface area (Å²) in [5.41, 5.74) is 0.117. The van der Waals surface area contributed by atoms with E-state index in [0.29, 0.717) is 6.04 Å². The molecular weight excluding hydrogens is 258 g/mol. The van der Waals surface area contributed by atoms with E-state index >= 15 is 0 Å². The van der Waals surface area contributed by atoms with Crippen LogP contribution in [-0.4, -0.2) is 24.8 Å². The highest BCUT2D eigenvalue weighted by Gasteiger charge is 2.35. The summed E-state index contributed by atoms with van der Waals surface area (Å²) in [6.45, 7) is 13.3. The van der Waals surface area contributed by atoms with Crippen LogP contribution in [0.2, 0.25) is 0 Å². The second kappa shape index (κ2) is 9.84. The van der Waals surface area contributed by atoms with E-state index in [4.69, 9.17) is 4.74 Å². The van der Waals surface area contributed by atoms with Crippen LogP contribution in [-0.2, 0) is 4.74 Å². The second-order valence-electron chi connectivity index (χ2n) is 7.84. The van der Waals surface area contributed by atoms with E-state index in [1.54, 1.807) is 0 Å². The maximum Gasteiger partial charge on any atom is 0.0806 e. The lowest BCUT2D eigenvalue weighted by atomic mass is 9.77. The molecule has 1 rings (SSSR count). The maximum atomic E-state index is 6.44. The summed E-state index contributed by atoms with van der Waals surface area (Å²) in [6.07, 6.45) is 10.4. The van der Waals surface area contributed by atoms with Crippen molar-refractivity contribution < 1.29 is 4.74 Å². The Kier molecular flexibility index (Phi) is 8.89. The van der Waals surface area contributed by atoms with E-state index in [1.165, 1.54) is 51.4 Å². The molecule has 0 spiro atoms. The molecule has 126 valence electrons. The predicted molar refractivity (Wildman–Crippen MR) is 92.8 cm³/mol. The van der Waals surface area contributed by atoms with Crippen molar-refractivity contribution >= 4 is 0 Å². The van der Waals surface area contributed by atoms with Crippen molar-refractivity contribution in [3.63, 3.8) is 0 Å². The van der Waals surface area contributed by atoms with Gasteiger partial charge in [0.05, 0.1) is 5.60 Å². The Bertz CT molecular complexity index is 254. The molecule has 2 heteroatoms. The van der Waals surface area contributed by atoms with Crippen molar-refractivity contribution in [3.8, 4) is 0 Å². The third-order valence-electron chi connectivity index (χ3n) is 4.88. The predicted octanol–water partition coefficient (Wildman–Crippen LogP) is 5.17. The van der Waals surface area contributed by atoms with Crippen LogP contribution in [0.3, 0.4) is 0 Å². The molecule has 0 atom stereocenters. The zero-order chi connectivity index (χ0) is 15.7. The first-order chi connectivity index (χ1) is 9.97.